The van der Waals surface area contributed by atoms with Gasteiger partial charge in [0.25, 0.3) is 0 Å². The molecule has 0 aromatic rings. The lowest BCUT2D eigenvalue weighted by atomic mass is 10.2. The smallest absolute Gasteiger partial charge is 0.0595 e. The van der Waals surface area contributed by atoms with Gasteiger partial charge in [-0.15, -0.1) is 0 Å². The van der Waals surface area contributed by atoms with Crippen LogP contribution in [0.15, 0.2) is 0 Å². The zero-order valence-corrected chi connectivity index (χ0v) is 6.90. The first kappa shape index (κ1) is 9.82. The second-order valence-electron chi connectivity index (χ2n) is 2.47. The van der Waals surface area contributed by atoms with Gasteiger partial charge in [0.1, 0.15) is 0 Å². The summed E-state index contributed by atoms with van der Waals surface area (Å²) in [5.41, 5.74) is 0. The fraction of sp³-hybridized carbons (Fsp3) is 1.00. The van der Waals surface area contributed by atoms with Gasteiger partial charge in [0, 0.05) is 21.8 Å². The monoisotopic (exact) mass is 152 g/mol. The third-order valence-electron chi connectivity index (χ3n) is 1.90. The van der Waals surface area contributed by atoms with Crippen LogP contribution in [0.2, 0.25) is 0 Å². The normalized spacial score (nSPS) is 12.6. The summed E-state index contributed by atoms with van der Waals surface area (Å²) in [6, 6.07) is -0.481. The average Bonchev–Trinajstić information content (AvgIpc) is 1.90. The van der Waals surface area contributed by atoms with E-state index in [4.69, 9.17) is 0 Å². The van der Waals surface area contributed by atoms with Crippen molar-refractivity contribution in [3.8, 4) is 0 Å². The van der Waals surface area contributed by atoms with E-state index in [1.807, 2.05) is 0 Å². The molecule has 10 heavy (non-hydrogen) atoms. The maximum absolute atomic E-state index is 12.8. The predicted octanol–water partition coefficient (Wildman–Crippen LogP) is 2.78. The van der Waals surface area contributed by atoms with Crippen LogP contribution in [-0.2, 0) is 0 Å². The van der Waals surface area contributed by atoms with Gasteiger partial charge in [-0.1, -0.05) is 13.8 Å². The molecule has 62 valence electrons. The van der Waals surface area contributed by atoms with Gasteiger partial charge in [-0.05, 0) is 6.92 Å². The van der Waals surface area contributed by atoms with Gasteiger partial charge in [0.15, 0.2) is 12.6 Å². The Bertz CT molecular complexity index is 89.6. The molecule has 0 aliphatic rings. The summed E-state index contributed by atoms with van der Waals surface area (Å²) < 4.78 is 25.5. The highest BCUT2D eigenvalue weighted by Crippen LogP contribution is 2.20. The van der Waals surface area contributed by atoms with Gasteiger partial charge in [-0.25, -0.2) is 0 Å². The highest BCUT2D eigenvalue weighted by atomic mass is 19.4. The molecule has 0 saturated carbocycles. The Morgan fingerprint density at radius 1 is 1.10 bits per heavy atom. The molecular formula is C7H16F2N+. The zero-order valence-electron chi connectivity index (χ0n) is 6.90. The maximum Gasteiger partial charge on any atom is 0.164 e. The Hall–Kier alpha value is -0.180. The zero-order chi connectivity index (χ0) is 8.20. The lowest BCUT2D eigenvalue weighted by Crippen LogP contribution is -2.40. The van der Waals surface area contributed by atoms with Crippen LogP contribution in [0.1, 0.15) is 33.6 Å². The van der Waals surface area contributed by atoms with Crippen molar-refractivity contribution in [2.45, 2.75) is 39.7 Å². The van der Waals surface area contributed by atoms with Gasteiger partial charge >= 0.3 is 0 Å². The Balaban J connectivity index is 3.97. The minimum atomic E-state index is -1.83. The molecule has 0 fully saturated rings. The summed E-state index contributed by atoms with van der Waals surface area (Å²) in [6.07, 6.45) is 1.11. The Morgan fingerprint density at radius 2 is 1.50 bits per heavy atom. The van der Waals surface area contributed by atoms with Crippen LogP contribution < -0.4 is 0 Å². The van der Waals surface area contributed by atoms with Crippen molar-refractivity contribution in [1.82, 2.24) is 0 Å². The Kier molecular flexibility index (Phi) is 3.79. The van der Waals surface area contributed by atoms with Crippen LogP contribution in [0.3, 0.4) is 0 Å². The quantitative estimate of drug-likeness (QED) is 0.543. The summed E-state index contributed by atoms with van der Waals surface area (Å²) in [5, 5.41) is 0. The molecule has 0 heterocycles. The molecule has 0 bridgehead atoms. The van der Waals surface area contributed by atoms with Gasteiger partial charge < -0.3 is 0 Å². The summed E-state index contributed by atoms with van der Waals surface area (Å²) in [4.78, 5) is -1.83. The van der Waals surface area contributed by atoms with Crippen molar-refractivity contribution in [3.63, 3.8) is 0 Å². The molecule has 0 atom stereocenters. The molecule has 0 aliphatic carbocycles. The highest BCUT2D eigenvalue weighted by Gasteiger charge is 2.36. The van der Waals surface area contributed by atoms with Crippen LogP contribution in [0.4, 0.5) is 8.96 Å². The van der Waals surface area contributed by atoms with E-state index in [2.05, 4.69) is 0 Å². The summed E-state index contributed by atoms with van der Waals surface area (Å²) in [6.45, 7) is 5.02. The van der Waals surface area contributed by atoms with Gasteiger partial charge in [-0.3, -0.25) is 0 Å². The SMILES string of the molecule is CCC(CC)[N+](F)(F)CC. The molecule has 0 radical (unpaired) electrons. The molecule has 0 unspecified atom stereocenters. The van der Waals surface area contributed by atoms with Crippen LogP contribution in [0.5, 0.6) is 0 Å². The van der Waals surface area contributed by atoms with Gasteiger partial charge in [0.05, 0.1) is 4.93 Å². The molecule has 0 saturated heterocycles. The first-order valence-corrected chi connectivity index (χ1v) is 3.85. The van der Waals surface area contributed by atoms with E-state index in [9.17, 15) is 8.96 Å². The van der Waals surface area contributed by atoms with Crippen molar-refractivity contribution in [3.05, 3.63) is 0 Å². The van der Waals surface area contributed by atoms with Crippen molar-refractivity contribution in [2.75, 3.05) is 6.54 Å². The van der Waals surface area contributed by atoms with E-state index < -0.39 is 11.0 Å². The second-order valence-corrected chi connectivity index (χ2v) is 2.47. The lowest BCUT2D eigenvalue weighted by Gasteiger charge is -2.19. The third kappa shape index (κ3) is 2.21. The lowest BCUT2D eigenvalue weighted by molar-refractivity contribution is -1.18. The number of nitrogens with zero attached hydrogens (tertiary/aromatic N) is 1. The van der Waals surface area contributed by atoms with E-state index >= 15 is 0 Å². The molecular weight excluding hydrogens is 136 g/mol. The highest BCUT2D eigenvalue weighted by molar-refractivity contribution is 4.47. The van der Waals surface area contributed by atoms with Crippen LogP contribution in [0.25, 0.3) is 0 Å². The van der Waals surface area contributed by atoms with Crippen LogP contribution >= 0.6 is 0 Å². The molecule has 0 N–H and O–H groups in total. The minimum absolute atomic E-state index is 0.0909. The summed E-state index contributed by atoms with van der Waals surface area (Å²) >= 11 is 0. The van der Waals surface area contributed by atoms with E-state index in [1.54, 1.807) is 13.8 Å². The molecule has 0 aromatic carbocycles. The largest absolute Gasteiger partial charge is 0.164 e. The number of halogens is 2. The number of hydrogen-bond acceptors (Lipinski definition) is 0. The first-order chi connectivity index (χ1) is 4.58. The Morgan fingerprint density at radius 3 is 1.60 bits per heavy atom. The van der Waals surface area contributed by atoms with Crippen molar-refractivity contribution in [2.24, 2.45) is 0 Å². The van der Waals surface area contributed by atoms with E-state index in [0.717, 1.165) is 0 Å². The molecule has 1 nitrogen and oxygen atoms in total. The molecule has 0 aromatic heterocycles. The number of rotatable bonds is 4. The Labute approximate surface area is 61.1 Å². The fourth-order valence-corrected chi connectivity index (χ4v) is 1.08. The summed E-state index contributed by atoms with van der Waals surface area (Å²) in [7, 11) is 0. The average molecular weight is 152 g/mol. The topological polar surface area (TPSA) is 0 Å². The summed E-state index contributed by atoms with van der Waals surface area (Å²) in [5.74, 6) is 0. The molecule has 0 aliphatic heterocycles. The van der Waals surface area contributed by atoms with Crippen molar-refractivity contribution in [1.29, 1.82) is 0 Å². The predicted molar refractivity (Wildman–Crippen MR) is 37.4 cm³/mol. The van der Waals surface area contributed by atoms with Crippen molar-refractivity contribution < 1.29 is 13.9 Å². The maximum atomic E-state index is 12.8. The molecule has 0 rings (SSSR count). The van der Waals surface area contributed by atoms with E-state index in [0.29, 0.717) is 12.8 Å². The van der Waals surface area contributed by atoms with Crippen LogP contribution in [-0.4, -0.2) is 17.5 Å². The molecule has 3 heteroatoms. The molecule has 0 spiro atoms. The third-order valence-corrected chi connectivity index (χ3v) is 1.90. The standard InChI is InChI=1S/C7H16F2N/c1-4-7(5-2)10(8,9)6-3/h7H,4-6H2,1-3H3/q+1. The number of quaternary nitrogens is 1. The van der Waals surface area contributed by atoms with Gasteiger partial charge in [-0.2, -0.15) is 0 Å². The van der Waals surface area contributed by atoms with E-state index in [1.165, 1.54) is 6.92 Å². The molecule has 0 amide bonds. The van der Waals surface area contributed by atoms with E-state index in [-0.39, 0.29) is 6.54 Å². The second kappa shape index (κ2) is 3.86. The minimum Gasteiger partial charge on any atom is -0.0595 e. The van der Waals surface area contributed by atoms with Gasteiger partial charge in [0.2, 0.25) is 0 Å². The fourth-order valence-electron chi connectivity index (χ4n) is 1.08. The number of hydrogen-bond donors (Lipinski definition) is 0. The van der Waals surface area contributed by atoms with Crippen molar-refractivity contribution >= 4 is 0 Å². The first-order valence-electron chi connectivity index (χ1n) is 3.85. The van der Waals surface area contributed by atoms with Crippen LogP contribution in [0, 0.1) is 0 Å².